The van der Waals surface area contributed by atoms with E-state index in [0.29, 0.717) is 30.7 Å². The number of benzene rings is 2. The van der Waals surface area contributed by atoms with Crippen LogP contribution in [0.25, 0.3) is 10.2 Å². The number of esters is 1. The average molecular weight is 583 g/mol. The van der Waals surface area contributed by atoms with Gasteiger partial charge in [0.2, 0.25) is 10.0 Å². The number of fused-ring (bicyclic) bond motifs is 1. The summed E-state index contributed by atoms with van der Waals surface area (Å²) in [6.45, 7) is 6.65. The molecule has 1 heterocycles. The van der Waals surface area contributed by atoms with Gasteiger partial charge in [0.1, 0.15) is 6.54 Å². The number of amides is 1. The van der Waals surface area contributed by atoms with E-state index in [1.807, 2.05) is 32.0 Å². The highest BCUT2D eigenvalue weighted by molar-refractivity contribution is 9.10. The van der Waals surface area contributed by atoms with E-state index in [1.165, 1.54) is 39.9 Å². The lowest BCUT2D eigenvalue weighted by molar-refractivity contribution is -0.143. The minimum Gasteiger partial charge on any atom is -0.465 e. The largest absolute Gasteiger partial charge is 0.465 e. The molecule has 0 radical (unpaired) electrons. The molecular formula is C24H28BrN3O5S2. The molecule has 0 saturated heterocycles. The normalized spacial score (nSPS) is 12.4. The quantitative estimate of drug-likeness (QED) is 0.326. The van der Waals surface area contributed by atoms with Crippen molar-refractivity contribution in [3.05, 3.63) is 57.3 Å². The maximum atomic E-state index is 13.0. The molecule has 0 unspecified atom stereocenters. The summed E-state index contributed by atoms with van der Waals surface area (Å²) in [6.07, 6.45) is 1.43. The Hall–Kier alpha value is -2.34. The van der Waals surface area contributed by atoms with Gasteiger partial charge in [-0.15, -0.1) is 0 Å². The van der Waals surface area contributed by atoms with Crippen LogP contribution in [0.3, 0.4) is 0 Å². The first-order valence-electron chi connectivity index (χ1n) is 11.3. The van der Waals surface area contributed by atoms with Crippen LogP contribution in [0.5, 0.6) is 0 Å². The van der Waals surface area contributed by atoms with Crippen LogP contribution in [0.15, 0.2) is 56.8 Å². The molecule has 1 amide bonds. The summed E-state index contributed by atoms with van der Waals surface area (Å²) in [5.41, 5.74) is 1.01. The highest BCUT2D eigenvalue weighted by Gasteiger charge is 2.23. The molecule has 0 atom stereocenters. The van der Waals surface area contributed by atoms with Crippen molar-refractivity contribution in [2.45, 2.75) is 45.1 Å². The Kier molecular flexibility index (Phi) is 9.40. The predicted molar refractivity (Wildman–Crippen MR) is 140 cm³/mol. The molecule has 0 fully saturated rings. The number of halogens is 1. The van der Waals surface area contributed by atoms with Crippen molar-refractivity contribution < 1.29 is 22.7 Å². The fourth-order valence-corrected chi connectivity index (χ4v) is 6.75. The monoisotopic (exact) mass is 581 g/mol. The predicted octanol–water partition coefficient (Wildman–Crippen LogP) is 4.58. The summed E-state index contributed by atoms with van der Waals surface area (Å²) in [4.78, 5) is 29.9. The molecule has 8 nitrogen and oxygen atoms in total. The zero-order valence-corrected chi connectivity index (χ0v) is 23.1. The van der Waals surface area contributed by atoms with Crippen molar-refractivity contribution in [2.24, 2.45) is 4.99 Å². The van der Waals surface area contributed by atoms with Gasteiger partial charge in [-0.05, 0) is 62.2 Å². The molecule has 0 N–H and O–H groups in total. The van der Waals surface area contributed by atoms with Crippen molar-refractivity contribution in [1.82, 2.24) is 8.87 Å². The van der Waals surface area contributed by atoms with E-state index in [2.05, 4.69) is 20.9 Å². The van der Waals surface area contributed by atoms with E-state index in [4.69, 9.17) is 4.74 Å². The molecule has 35 heavy (non-hydrogen) atoms. The van der Waals surface area contributed by atoms with Crippen molar-refractivity contribution in [3.8, 4) is 0 Å². The maximum absolute atomic E-state index is 13.0. The Morgan fingerprint density at radius 2 is 1.71 bits per heavy atom. The van der Waals surface area contributed by atoms with Crippen LogP contribution in [0.1, 0.15) is 44.0 Å². The number of thiazole rings is 1. The summed E-state index contributed by atoms with van der Waals surface area (Å²) in [7, 11) is -3.64. The third-order valence-electron chi connectivity index (χ3n) is 5.12. The SMILES string of the molecule is CCCN(CCC)S(=O)(=O)c1ccc(C(=O)N=c2sc3cc(Br)ccc3n2CC(=O)OCC)cc1. The first-order valence-corrected chi connectivity index (χ1v) is 14.4. The molecule has 1 aromatic heterocycles. The molecule has 188 valence electrons. The maximum Gasteiger partial charge on any atom is 0.326 e. The fraction of sp³-hybridized carbons (Fsp3) is 0.375. The lowest BCUT2D eigenvalue weighted by atomic mass is 10.2. The number of hydrogen-bond donors (Lipinski definition) is 0. The molecule has 0 aliphatic carbocycles. The van der Waals surface area contributed by atoms with Gasteiger partial charge in [0, 0.05) is 23.1 Å². The Morgan fingerprint density at radius 1 is 1.06 bits per heavy atom. The minimum atomic E-state index is -3.64. The molecule has 11 heteroatoms. The fourth-order valence-electron chi connectivity index (χ4n) is 3.54. The van der Waals surface area contributed by atoms with Gasteiger partial charge in [-0.1, -0.05) is 41.1 Å². The van der Waals surface area contributed by atoms with Crippen LogP contribution in [-0.4, -0.2) is 48.9 Å². The number of ether oxygens (including phenoxy) is 1. The van der Waals surface area contributed by atoms with Gasteiger partial charge in [-0.3, -0.25) is 9.59 Å². The second-order valence-electron chi connectivity index (χ2n) is 7.73. The number of aromatic nitrogens is 1. The highest BCUT2D eigenvalue weighted by Crippen LogP contribution is 2.23. The average Bonchev–Trinajstić information content (AvgIpc) is 3.14. The van der Waals surface area contributed by atoms with Gasteiger partial charge in [0.05, 0.1) is 21.7 Å². The molecule has 0 aliphatic rings. The highest BCUT2D eigenvalue weighted by atomic mass is 79.9. The van der Waals surface area contributed by atoms with E-state index >= 15 is 0 Å². The van der Waals surface area contributed by atoms with Gasteiger partial charge in [0.15, 0.2) is 4.80 Å². The van der Waals surface area contributed by atoms with Gasteiger partial charge >= 0.3 is 5.97 Å². The van der Waals surface area contributed by atoms with Crippen molar-refractivity contribution in [2.75, 3.05) is 19.7 Å². The van der Waals surface area contributed by atoms with E-state index in [-0.39, 0.29) is 23.6 Å². The van der Waals surface area contributed by atoms with Gasteiger partial charge in [-0.25, -0.2) is 8.42 Å². The number of hydrogen-bond acceptors (Lipinski definition) is 6. The third kappa shape index (κ3) is 6.46. The zero-order valence-electron chi connectivity index (χ0n) is 19.9. The summed E-state index contributed by atoms with van der Waals surface area (Å²) in [5.74, 6) is -0.960. The molecule has 0 aliphatic heterocycles. The molecule has 3 rings (SSSR count). The number of carbonyl (C=O) groups is 2. The molecule has 0 saturated carbocycles. The van der Waals surface area contributed by atoms with Crippen molar-refractivity contribution >= 4 is 59.4 Å². The van der Waals surface area contributed by atoms with E-state index in [9.17, 15) is 18.0 Å². The Labute approximate surface area is 217 Å². The van der Waals surface area contributed by atoms with Crippen LogP contribution in [0.2, 0.25) is 0 Å². The third-order valence-corrected chi connectivity index (χ3v) is 8.57. The second kappa shape index (κ2) is 12.1. The number of carbonyl (C=O) groups excluding carboxylic acids is 2. The summed E-state index contributed by atoms with van der Waals surface area (Å²) < 4.78 is 35.9. The summed E-state index contributed by atoms with van der Waals surface area (Å²) >= 11 is 4.72. The first kappa shape index (κ1) is 27.3. The first-order chi connectivity index (χ1) is 16.7. The topological polar surface area (TPSA) is 98.0 Å². The minimum absolute atomic E-state index is 0.0799. The van der Waals surface area contributed by atoms with Crippen molar-refractivity contribution in [1.29, 1.82) is 0 Å². The molecular weight excluding hydrogens is 554 g/mol. The van der Waals surface area contributed by atoms with E-state index < -0.39 is 21.9 Å². The molecule has 0 spiro atoms. The summed E-state index contributed by atoms with van der Waals surface area (Å²) in [6, 6.07) is 11.4. The molecule has 3 aromatic rings. The number of sulfonamides is 1. The number of nitrogens with zero attached hydrogens (tertiary/aromatic N) is 3. The second-order valence-corrected chi connectivity index (χ2v) is 11.6. The van der Waals surface area contributed by atoms with Crippen LogP contribution < -0.4 is 4.80 Å². The standard InChI is InChI=1S/C24H28BrN3O5S2/c1-4-13-27(14-5-2)35(31,32)19-10-7-17(8-11-19)23(30)26-24-28(16-22(29)33-6-3)20-12-9-18(25)15-21(20)34-24/h7-12,15H,4-6,13-14,16H2,1-3H3. The van der Waals surface area contributed by atoms with Crippen LogP contribution in [0, 0.1) is 0 Å². The zero-order chi connectivity index (χ0) is 25.6. The van der Waals surface area contributed by atoms with Gasteiger partial charge in [0.25, 0.3) is 5.91 Å². The van der Waals surface area contributed by atoms with E-state index in [1.54, 1.807) is 11.5 Å². The Morgan fingerprint density at radius 3 is 2.31 bits per heavy atom. The number of rotatable bonds is 10. The summed E-state index contributed by atoms with van der Waals surface area (Å²) in [5, 5.41) is 0. The lowest BCUT2D eigenvalue weighted by Gasteiger charge is -2.21. The Balaban J connectivity index is 1.96. The lowest BCUT2D eigenvalue weighted by Crippen LogP contribution is -2.32. The Bertz CT molecular complexity index is 1370. The van der Waals surface area contributed by atoms with Gasteiger partial charge in [-0.2, -0.15) is 9.30 Å². The molecule has 2 aromatic carbocycles. The van der Waals surface area contributed by atoms with E-state index in [0.717, 1.165) is 14.7 Å². The smallest absolute Gasteiger partial charge is 0.326 e. The van der Waals surface area contributed by atoms with Crippen molar-refractivity contribution in [3.63, 3.8) is 0 Å². The van der Waals surface area contributed by atoms with Gasteiger partial charge < -0.3 is 9.30 Å². The van der Waals surface area contributed by atoms with Crippen LogP contribution >= 0.6 is 27.3 Å². The van der Waals surface area contributed by atoms with Crippen LogP contribution in [-0.2, 0) is 26.1 Å². The molecule has 0 bridgehead atoms. The van der Waals surface area contributed by atoms with Crippen LogP contribution in [0.4, 0.5) is 0 Å².